The van der Waals surface area contributed by atoms with Gasteiger partial charge < -0.3 is 15.0 Å². The number of nitrogens with one attached hydrogen (secondary N) is 2. The summed E-state index contributed by atoms with van der Waals surface area (Å²) in [6.07, 6.45) is 3.83. The lowest BCUT2D eigenvalue weighted by Crippen LogP contribution is -2.36. The number of rotatable bonds is 4. The zero-order valence-electron chi connectivity index (χ0n) is 13.8. The molecule has 0 saturated heterocycles. The number of aromatic nitrogens is 2. The van der Waals surface area contributed by atoms with Crippen molar-refractivity contribution in [1.82, 2.24) is 20.0 Å². The summed E-state index contributed by atoms with van der Waals surface area (Å²) in [5.74, 6) is -0.464. The Balaban J connectivity index is 0.00000243. The van der Waals surface area contributed by atoms with Crippen molar-refractivity contribution >= 4 is 51.5 Å². The molecule has 26 heavy (non-hydrogen) atoms. The number of hydrogen-bond donors (Lipinski definition) is 2. The number of guanidine groups is 1. The van der Waals surface area contributed by atoms with E-state index in [-0.39, 0.29) is 36.1 Å². The fourth-order valence-corrected chi connectivity index (χ4v) is 2.71. The SMILES string of the molecule is CN=C(NCc1cn2cc(Br)ccc2n1)NCc1cc(F)ccc1F.I. The number of fused-ring (bicyclic) bond motifs is 1. The van der Waals surface area contributed by atoms with Gasteiger partial charge in [0.2, 0.25) is 0 Å². The highest BCUT2D eigenvalue weighted by molar-refractivity contribution is 14.0. The number of aliphatic imine (C=N–C) groups is 1. The lowest BCUT2D eigenvalue weighted by molar-refractivity contribution is 0.581. The van der Waals surface area contributed by atoms with Crippen LogP contribution in [-0.4, -0.2) is 22.4 Å². The average molecular weight is 536 g/mol. The Bertz CT molecular complexity index is 929. The molecule has 0 spiro atoms. The first-order chi connectivity index (χ1) is 12.0. The summed E-state index contributed by atoms with van der Waals surface area (Å²) < 4.78 is 29.7. The zero-order valence-corrected chi connectivity index (χ0v) is 17.8. The molecule has 5 nitrogen and oxygen atoms in total. The molecule has 3 rings (SSSR count). The third kappa shape index (κ3) is 5.13. The first-order valence-electron chi connectivity index (χ1n) is 7.57. The van der Waals surface area contributed by atoms with Crippen LogP contribution in [-0.2, 0) is 13.1 Å². The predicted molar refractivity (Wildman–Crippen MR) is 112 cm³/mol. The van der Waals surface area contributed by atoms with E-state index in [1.807, 2.05) is 28.9 Å². The van der Waals surface area contributed by atoms with Crippen LogP contribution in [0.25, 0.3) is 5.65 Å². The topological polar surface area (TPSA) is 53.7 Å². The number of benzene rings is 1. The molecule has 0 saturated carbocycles. The first kappa shape index (κ1) is 20.6. The van der Waals surface area contributed by atoms with Crippen molar-refractivity contribution in [2.75, 3.05) is 7.05 Å². The summed E-state index contributed by atoms with van der Waals surface area (Å²) in [6.45, 7) is 0.575. The number of pyridine rings is 1. The van der Waals surface area contributed by atoms with Gasteiger partial charge in [0.25, 0.3) is 0 Å². The molecule has 0 aliphatic rings. The van der Waals surface area contributed by atoms with Crippen molar-refractivity contribution in [1.29, 1.82) is 0 Å². The summed E-state index contributed by atoms with van der Waals surface area (Å²) in [6, 6.07) is 7.20. The Morgan fingerprint density at radius 1 is 1.15 bits per heavy atom. The third-order valence-electron chi connectivity index (χ3n) is 3.58. The molecule has 0 unspecified atom stereocenters. The maximum absolute atomic E-state index is 13.6. The van der Waals surface area contributed by atoms with Crippen LogP contribution in [0.5, 0.6) is 0 Å². The second-order valence-corrected chi connectivity index (χ2v) is 6.28. The second-order valence-electron chi connectivity index (χ2n) is 5.36. The molecule has 0 atom stereocenters. The van der Waals surface area contributed by atoms with E-state index in [4.69, 9.17) is 0 Å². The fraction of sp³-hybridized carbons (Fsp3) is 0.176. The van der Waals surface area contributed by atoms with Crippen LogP contribution in [0.2, 0.25) is 0 Å². The second kappa shape index (κ2) is 9.26. The van der Waals surface area contributed by atoms with E-state index >= 15 is 0 Å². The van der Waals surface area contributed by atoms with Crippen molar-refractivity contribution in [2.24, 2.45) is 4.99 Å². The molecule has 1 aromatic carbocycles. The zero-order chi connectivity index (χ0) is 17.8. The van der Waals surface area contributed by atoms with Crippen molar-refractivity contribution < 1.29 is 8.78 Å². The van der Waals surface area contributed by atoms with Crippen LogP contribution in [0.4, 0.5) is 8.78 Å². The van der Waals surface area contributed by atoms with Gasteiger partial charge in [0.05, 0.1) is 12.2 Å². The van der Waals surface area contributed by atoms with E-state index in [9.17, 15) is 8.78 Å². The molecule has 0 radical (unpaired) electrons. The van der Waals surface area contributed by atoms with Crippen molar-refractivity contribution in [3.8, 4) is 0 Å². The molecule has 2 aromatic heterocycles. The molecule has 3 aromatic rings. The fourth-order valence-electron chi connectivity index (χ4n) is 2.36. The highest BCUT2D eigenvalue weighted by atomic mass is 127. The number of halogens is 4. The Kier molecular flexibility index (Phi) is 7.33. The predicted octanol–water partition coefficient (Wildman–Crippen LogP) is 3.86. The third-order valence-corrected chi connectivity index (χ3v) is 4.05. The molecule has 2 N–H and O–H groups in total. The van der Waals surface area contributed by atoms with Gasteiger partial charge in [-0.2, -0.15) is 0 Å². The normalized spacial score (nSPS) is 11.3. The van der Waals surface area contributed by atoms with E-state index in [0.29, 0.717) is 12.5 Å². The number of hydrogen-bond acceptors (Lipinski definition) is 2. The minimum atomic E-state index is -0.475. The molecular formula is C17H17BrF2IN5. The van der Waals surface area contributed by atoms with Gasteiger partial charge in [0, 0.05) is 36.0 Å². The Morgan fingerprint density at radius 2 is 1.92 bits per heavy atom. The Hall–Kier alpha value is -1.75. The summed E-state index contributed by atoms with van der Waals surface area (Å²) >= 11 is 3.42. The largest absolute Gasteiger partial charge is 0.352 e. The van der Waals surface area contributed by atoms with Crippen LogP contribution < -0.4 is 10.6 Å². The van der Waals surface area contributed by atoms with Crippen LogP contribution in [0.3, 0.4) is 0 Å². The van der Waals surface area contributed by atoms with Gasteiger partial charge in [-0.3, -0.25) is 4.99 Å². The molecule has 0 aliphatic heterocycles. The minimum Gasteiger partial charge on any atom is -0.352 e. The highest BCUT2D eigenvalue weighted by Crippen LogP contribution is 2.12. The monoisotopic (exact) mass is 535 g/mol. The highest BCUT2D eigenvalue weighted by Gasteiger charge is 2.07. The van der Waals surface area contributed by atoms with Gasteiger partial charge in [-0.05, 0) is 46.3 Å². The molecule has 0 aliphatic carbocycles. The van der Waals surface area contributed by atoms with Crippen LogP contribution >= 0.6 is 39.9 Å². The first-order valence-corrected chi connectivity index (χ1v) is 8.36. The van der Waals surface area contributed by atoms with Gasteiger partial charge >= 0.3 is 0 Å². The van der Waals surface area contributed by atoms with Gasteiger partial charge in [-0.1, -0.05) is 0 Å². The lowest BCUT2D eigenvalue weighted by Gasteiger charge is -2.11. The molecule has 0 bridgehead atoms. The number of nitrogens with zero attached hydrogens (tertiary/aromatic N) is 3. The smallest absolute Gasteiger partial charge is 0.191 e. The van der Waals surface area contributed by atoms with Crippen molar-refractivity contribution in [2.45, 2.75) is 13.1 Å². The van der Waals surface area contributed by atoms with Gasteiger partial charge in [0.1, 0.15) is 17.3 Å². The van der Waals surface area contributed by atoms with Crippen LogP contribution in [0, 0.1) is 11.6 Å². The van der Waals surface area contributed by atoms with Crippen molar-refractivity contribution in [3.63, 3.8) is 0 Å². The maximum atomic E-state index is 13.6. The summed E-state index contributed by atoms with van der Waals surface area (Å²) in [7, 11) is 1.61. The molecular weight excluding hydrogens is 519 g/mol. The van der Waals surface area contributed by atoms with Crippen LogP contribution in [0.1, 0.15) is 11.3 Å². The van der Waals surface area contributed by atoms with Crippen molar-refractivity contribution in [3.05, 3.63) is 70.1 Å². The summed E-state index contributed by atoms with van der Waals surface area (Å²) in [5, 5.41) is 6.06. The quantitative estimate of drug-likeness (QED) is 0.303. The van der Waals surface area contributed by atoms with E-state index < -0.39 is 11.6 Å². The van der Waals surface area contributed by atoms with E-state index in [1.165, 1.54) is 0 Å². The molecule has 9 heteroatoms. The van der Waals surface area contributed by atoms with E-state index in [0.717, 1.165) is 34.0 Å². The van der Waals surface area contributed by atoms with Gasteiger partial charge in [0.15, 0.2) is 5.96 Å². The van der Waals surface area contributed by atoms with Gasteiger partial charge in [-0.15, -0.1) is 24.0 Å². The average Bonchev–Trinajstić information content (AvgIpc) is 2.99. The minimum absolute atomic E-state index is 0. The van der Waals surface area contributed by atoms with Gasteiger partial charge in [-0.25, -0.2) is 13.8 Å². The molecule has 138 valence electrons. The Morgan fingerprint density at radius 3 is 2.69 bits per heavy atom. The lowest BCUT2D eigenvalue weighted by atomic mass is 10.2. The Labute approximate surface area is 175 Å². The van der Waals surface area contributed by atoms with E-state index in [2.05, 4.69) is 36.5 Å². The standard InChI is InChI=1S/C17H16BrF2N5.HI/c1-21-17(22-7-11-6-13(19)3-4-15(11)20)23-8-14-10-25-9-12(18)2-5-16(25)24-14;/h2-6,9-10H,7-8H2,1H3,(H2,21,22,23);1H. The molecule has 2 heterocycles. The number of imidazole rings is 1. The maximum Gasteiger partial charge on any atom is 0.191 e. The summed E-state index contributed by atoms with van der Waals surface area (Å²) in [4.78, 5) is 8.57. The summed E-state index contributed by atoms with van der Waals surface area (Å²) in [5.41, 5.74) is 1.91. The van der Waals surface area contributed by atoms with E-state index in [1.54, 1.807) is 7.05 Å². The molecule has 0 amide bonds. The van der Waals surface area contributed by atoms with Crippen LogP contribution in [0.15, 0.2) is 52.2 Å². The molecule has 0 fully saturated rings.